The number of ether oxygens (including phenoxy) is 1. The number of nitrogens with two attached hydrogens (primary N) is 2. The minimum Gasteiger partial charge on any atom is -0.494 e. The molecule has 0 unspecified atom stereocenters. The highest BCUT2D eigenvalue weighted by molar-refractivity contribution is 5.77. The molecule has 4 N–H and O–H groups in total. The van der Waals surface area contributed by atoms with Crippen LogP contribution in [0.2, 0.25) is 0 Å². The summed E-state index contributed by atoms with van der Waals surface area (Å²) in [5, 5.41) is 0. The Morgan fingerprint density at radius 3 is 2.62 bits per heavy atom. The lowest BCUT2D eigenvalue weighted by molar-refractivity contribution is 0.414. The molecular formula is C12H13N3O. The Morgan fingerprint density at radius 2 is 1.94 bits per heavy atom. The molecule has 0 radical (unpaired) electrons. The maximum Gasteiger partial charge on any atom is 0.144 e. The van der Waals surface area contributed by atoms with E-state index >= 15 is 0 Å². The zero-order chi connectivity index (χ0) is 11.5. The van der Waals surface area contributed by atoms with E-state index in [1.807, 2.05) is 18.2 Å². The zero-order valence-corrected chi connectivity index (χ0v) is 8.97. The van der Waals surface area contributed by atoms with Crippen LogP contribution in [0, 0.1) is 0 Å². The number of hydrogen-bond donors (Lipinski definition) is 2. The molecule has 0 spiro atoms. The van der Waals surface area contributed by atoms with Crippen LogP contribution in [0.3, 0.4) is 0 Å². The molecule has 0 aliphatic rings. The van der Waals surface area contributed by atoms with Crippen LogP contribution in [0.25, 0.3) is 11.1 Å². The van der Waals surface area contributed by atoms with E-state index < -0.39 is 0 Å². The number of methoxy groups -OCH3 is 1. The van der Waals surface area contributed by atoms with E-state index in [4.69, 9.17) is 16.2 Å². The molecule has 16 heavy (non-hydrogen) atoms. The van der Waals surface area contributed by atoms with E-state index in [-0.39, 0.29) is 0 Å². The van der Waals surface area contributed by atoms with E-state index in [9.17, 15) is 0 Å². The smallest absolute Gasteiger partial charge is 0.144 e. The van der Waals surface area contributed by atoms with Crippen LogP contribution in [-0.4, -0.2) is 12.1 Å². The van der Waals surface area contributed by atoms with Crippen molar-refractivity contribution in [3.8, 4) is 16.9 Å². The molecule has 2 aromatic rings. The Labute approximate surface area is 93.9 Å². The second-order valence-corrected chi connectivity index (χ2v) is 3.42. The third kappa shape index (κ3) is 1.77. The van der Waals surface area contributed by atoms with Gasteiger partial charge in [0.25, 0.3) is 0 Å². The Bertz CT molecular complexity index is 511. The Morgan fingerprint density at radius 1 is 1.12 bits per heavy atom. The molecule has 0 fully saturated rings. The SMILES string of the molecule is COc1cnccc1-c1ccc(N)c(N)c1. The van der Waals surface area contributed by atoms with Crippen molar-refractivity contribution in [2.75, 3.05) is 18.6 Å². The predicted octanol–water partition coefficient (Wildman–Crippen LogP) is 1.92. The second-order valence-electron chi connectivity index (χ2n) is 3.42. The summed E-state index contributed by atoms with van der Waals surface area (Å²) >= 11 is 0. The Balaban J connectivity index is 2.54. The first-order valence-electron chi connectivity index (χ1n) is 4.85. The third-order valence-electron chi connectivity index (χ3n) is 2.40. The highest BCUT2D eigenvalue weighted by Gasteiger charge is 2.06. The Hall–Kier alpha value is -2.23. The first kappa shape index (κ1) is 10.3. The molecule has 2 rings (SSSR count). The first-order valence-corrected chi connectivity index (χ1v) is 4.85. The van der Waals surface area contributed by atoms with Gasteiger partial charge in [-0.1, -0.05) is 6.07 Å². The van der Waals surface area contributed by atoms with Crippen LogP contribution in [0.4, 0.5) is 11.4 Å². The molecule has 0 aliphatic carbocycles. The van der Waals surface area contributed by atoms with Gasteiger partial charge in [-0.2, -0.15) is 0 Å². The largest absolute Gasteiger partial charge is 0.494 e. The van der Waals surface area contributed by atoms with Gasteiger partial charge in [-0.25, -0.2) is 0 Å². The highest BCUT2D eigenvalue weighted by atomic mass is 16.5. The number of nitrogens with zero attached hydrogens (tertiary/aromatic N) is 1. The van der Waals surface area contributed by atoms with E-state index in [0.29, 0.717) is 17.1 Å². The monoisotopic (exact) mass is 215 g/mol. The summed E-state index contributed by atoms with van der Waals surface area (Å²) in [6, 6.07) is 7.39. The number of hydrogen-bond acceptors (Lipinski definition) is 4. The van der Waals surface area contributed by atoms with Gasteiger partial charge in [0.2, 0.25) is 0 Å². The van der Waals surface area contributed by atoms with Gasteiger partial charge in [0.15, 0.2) is 0 Å². The van der Waals surface area contributed by atoms with E-state index in [1.165, 1.54) is 0 Å². The van der Waals surface area contributed by atoms with Crippen molar-refractivity contribution in [3.63, 3.8) is 0 Å². The van der Waals surface area contributed by atoms with Gasteiger partial charge in [-0.15, -0.1) is 0 Å². The molecule has 4 nitrogen and oxygen atoms in total. The summed E-state index contributed by atoms with van der Waals surface area (Å²) in [6.07, 6.45) is 3.38. The molecule has 0 saturated carbocycles. The zero-order valence-electron chi connectivity index (χ0n) is 8.97. The number of pyridine rings is 1. The minimum atomic E-state index is 0.566. The summed E-state index contributed by atoms with van der Waals surface area (Å²) in [4.78, 5) is 4.00. The maximum absolute atomic E-state index is 5.77. The van der Waals surface area contributed by atoms with Crippen molar-refractivity contribution in [3.05, 3.63) is 36.7 Å². The summed E-state index contributed by atoms with van der Waals surface area (Å²) in [7, 11) is 1.61. The number of rotatable bonds is 2. The molecular weight excluding hydrogens is 202 g/mol. The molecule has 0 bridgehead atoms. The standard InChI is InChI=1S/C12H13N3O/c1-16-12-7-15-5-4-9(12)8-2-3-10(13)11(14)6-8/h2-7H,13-14H2,1H3. The molecule has 1 aromatic carbocycles. The van der Waals surface area contributed by atoms with Crippen LogP contribution < -0.4 is 16.2 Å². The lowest BCUT2D eigenvalue weighted by Crippen LogP contribution is -1.95. The molecule has 1 heterocycles. The molecule has 0 amide bonds. The number of aromatic nitrogens is 1. The van der Waals surface area contributed by atoms with Crippen molar-refractivity contribution in [1.29, 1.82) is 0 Å². The van der Waals surface area contributed by atoms with Gasteiger partial charge in [0.1, 0.15) is 5.75 Å². The van der Waals surface area contributed by atoms with E-state index in [0.717, 1.165) is 11.1 Å². The minimum absolute atomic E-state index is 0.566. The topological polar surface area (TPSA) is 74.2 Å². The van der Waals surface area contributed by atoms with Crippen LogP contribution >= 0.6 is 0 Å². The van der Waals surface area contributed by atoms with Gasteiger partial charge in [0, 0.05) is 11.8 Å². The second kappa shape index (κ2) is 4.10. The Kier molecular flexibility index (Phi) is 2.64. The number of benzene rings is 1. The van der Waals surface area contributed by atoms with E-state index in [2.05, 4.69) is 4.98 Å². The summed E-state index contributed by atoms with van der Waals surface area (Å²) in [5.74, 6) is 0.715. The van der Waals surface area contributed by atoms with Crippen molar-refractivity contribution in [2.45, 2.75) is 0 Å². The lowest BCUT2D eigenvalue weighted by Gasteiger charge is -2.09. The fraction of sp³-hybridized carbons (Fsp3) is 0.0833. The molecule has 0 atom stereocenters. The summed E-state index contributed by atoms with van der Waals surface area (Å²) < 4.78 is 5.24. The average molecular weight is 215 g/mol. The van der Waals surface area contributed by atoms with Crippen LogP contribution in [0.15, 0.2) is 36.7 Å². The first-order chi connectivity index (χ1) is 7.72. The van der Waals surface area contributed by atoms with Crippen molar-refractivity contribution in [1.82, 2.24) is 4.98 Å². The molecule has 4 heteroatoms. The van der Waals surface area contributed by atoms with Gasteiger partial charge in [-0.3, -0.25) is 4.98 Å². The fourth-order valence-electron chi connectivity index (χ4n) is 1.52. The number of anilines is 2. The van der Waals surface area contributed by atoms with E-state index in [1.54, 1.807) is 25.6 Å². The van der Waals surface area contributed by atoms with Gasteiger partial charge in [-0.05, 0) is 23.8 Å². The fourth-order valence-corrected chi connectivity index (χ4v) is 1.52. The van der Waals surface area contributed by atoms with Crippen molar-refractivity contribution < 1.29 is 4.74 Å². The maximum atomic E-state index is 5.77. The van der Waals surface area contributed by atoms with Gasteiger partial charge >= 0.3 is 0 Å². The predicted molar refractivity (Wildman–Crippen MR) is 65.0 cm³/mol. The van der Waals surface area contributed by atoms with Crippen LogP contribution in [-0.2, 0) is 0 Å². The van der Waals surface area contributed by atoms with Gasteiger partial charge < -0.3 is 16.2 Å². The van der Waals surface area contributed by atoms with Crippen molar-refractivity contribution in [2.24, 2.45) is 0 Å². The highest BCUT2D eigenvalue weighted by Crippen LogP contribution is 2.31. The number of nitrogen functional groups attached to an aromatic ring is 2. The molecule has 0 saturated heterocycles. The lowest BCUT2D eigenvalue weighted by atomic mass is 10.0. The molecule has 1 aromatic heterocycles. The molecule has 82 valence electrons. The van der Waals surface area contributed by atoms with Crippen LogP contribution in [0.1, 0.15) is 0 Å². The van der Waals surface area contributed by atoms with Gasteiger partial charge in [0.05, 0.1) is 24.7 Å². The third-order valence-corrected chi connectivity index (χ3v) is 2.40. The summed E-state index contributed by atoms with van der Waals surface area (Å²) in [5.41, 5.74) is 14.5. The molecule has 0 aliphatic heterocycles. The van der Waals surface area contributed by atoms with Crippen LogP contribution in [0.5, 0.6) is 5.75 Å². The van der Waals surface area contributed by atoms with Crippen molar-refractivity contribution >= 4 is 11.4 Å². The quantitative estimate of drug-likeness (QED) is 0.750. The average Bonchev–Trinajstić information content (AvgIpc) is 2.32. The normalized spacial score (nSPS) is 10.1. The summed E-state index contributed by atoms with van der Waals surface area (Å²) in [6.45, 7) is 0.